The molecule has 1 heterocycles. The lowest BCUT2D eigenvalue weighted by Gasteiger charge is -2.28. The molecule has 0 aliphatic carbocycles. The number of amides is 1. The van der Waals surface area contributed by atoms with Gasteiger partial charge in [-0.05, 0) is 44.9 Å². The van der Waals surface area contributed by atoms with Crippen LogP contribution in [0.4, 0.5) is 5.69 Å². The summed E-state index contributed by atoms with van der Waals surface area (Å²) in [5.74, 6) is -0.788. The summed E-state index contributed by atoms with van der Waals surface area (Å²) in [5, 5.41) is 4.23. The van der Waals surface area contributed by atoms with Gasteiger partial charge in [0.2, 0.25) is 0 Å². The molecular formula is C21H22N4O2. The first-order valence-corrected chi connectivity index (χ1v) is 8.70. The molecule has 1 aliphatic rings. The highest BCUT2D eigenvalue weighted by Gasteiger charge is 2.30. The number of anilines is 1. The van der Waals surface area contributed by atoms with Crippen LogP contribution in [0, 0.1) is 0 Å². The molecule has 0 radical (unpaired) electrons. The Morgan fingerprint density at radius 2 is 1.78 bits per heavy atom. The summed E-state index contributed by atoms with van der Waals surface area (Å²) in [6.45, 7) is 5.48. The van der Waals surface area contributed by atoms with Gasteiger partial charge in [0.15, 0.2) is 11.5 Å². The number of nitrogens with two attached hydrogens (primary N) is 1. The van der Waals surface area contributed by atoms with Gasteiger partial charge in [-0.25, -0.2) is 0 Å². The van der Waals surface area contributed by atoms with E-state index < -0.39 is 5.91 Å². The standard InChI is InChI=1S/C21H22N4O2/c1-13(26)15-9-6-7-11-17(15)24-25-19(20(22)27)18-16-10-5-4-8-14(16)12-21(2,3)23-18/h4-11,24H,12H2,1-3H3,(H2,22,27). The van der Waals surface area contributed by atoms with Crippen molar-refractivity contribution in [3.63, 3.8) is 0 Å². The van der Waals surface area contributed by atoms with Gasteiger partial charge in [0.05, 0.1) is 16.9 Å². The Labute approximate surface area is 158 Å². The van der Waals surface area contributed by atoms with Crippen LogP contribution in [0.15, 0.2) is 58.6 Å². The van der Waals surface area contributed by atoms with Crippen LogP contribution >= 0.6 is 0 Å². The number of benzene rings is 2. The zero-order valence-electron chi connectivity index (χ0n) is 15.6. The first-order chi connectivity index (χ1) is 12.8. The number of nitrogens with one attached hydrogen (secondary N) is 1. The molecule has 27 heavy (non-hydrogen) atoms. The quantitative estimate of drug-likeness (QED) is 0.486. The van der Waals surface area contributed by atoms with Crippen molar-refractivity contribution < 1.29 is 9.59 Å². The molecule has 1 amide bonds. The van der Waals surface area contributed by atoms with Crippen molar-refractivity contribution in [2.45, 2.75) is 32.7 Å². The lowest BCUT2D eigenvalue weighted by Crippen LogP contribution is -2.38. The molecule has 6 heteroatoms. The van der Waals surface area contributed by atoms with Crippen LogP contribution in [-0.4, -0.2) is 28.7 Å². The van der Waals surface area contributed by atoms with Crippen molar-refractivity contribution in [3.05, 3.63) is 65.2 Å². The van der Waals surface area contributed by atoms with Crippen molar-refractivity contribution in [2.75, 3.05) is 5.43 Å². The Morgan fingerprint density at radius 1 is 1.11 bits per heavy atom. The van der Waals surface area contributed by atoms with Gasteiger partial charge in [0.25, 0.3) is 5.91 Å². The molecule has 0 atom stereocenters. The van der Waals surface area contributed by atoms with E-state index in [0.29, 0.717) is 17.0 Å². The minimum Gasteiger partial charge on any atom is -0.364 e. The fraction of sp³-hybridized carbons (Fsp3) is 0.238. The average molecular weight is 362 g/mol. The third-order valence-corrected chi connectivity index (χ3v) is 4.36. The number of carbonyl (C=O) groups is 2. The minimum absolute atomic E-state index is 0.0357. The Morgan fingerprint density at radius 3 is 2.48 bits per heavy atom. The molecule has 0 bridgehead atoms. The fourth-order valence-electron chi connectivity index (χ4n) is 3.18. The smallest absolute Gasteiger partial charge is 0.271 e. The molecule has 0 saturated heterocycles. The van der Waals surface area contributed by atoms with Crippen LogP contribution in [0.2, 0.25) is 0 Å². The maximum Gasteiger partial charge on any atom is 0.271 e. The van der Waals surface area contributed by atoms with Gasteiger partial charge >= 0.3 is 0 Å². The SMILES string of the molecule is CC(=O)c1ccccc1NN=C(C(N)=O)C1=NC(C)(C)Cc2ccccc21. The molecular weight excluding hydrogens is 340 g/mol. The average Bonchev–Trinajstić information content (AvgIpc) is 2.60. The molecule has 0 saturated carbocycles. The van der Waals surface area contributed by atoms with Crippen LogP contribution < -0.4 is 11.2 Å². The van der Waals surface area contributed by atoms with Crippen molar-refractivity contribution in [2.24, 2.45) is 15.8 Å². The van der Waals surface area contributed by atoms with E-state index in [-0.39, 0.29) is 17.0 Å². The van der Waals surface area contributed by atoms with Gasteiger partial charge in [-0.2, -0.15) is 5.10 Å². The Hall–Kier alpha value is -3.28. The van der Waals surface area contributed by atoms with Crippen LogP contribution in [0.3, 0.4) is 0 Å². The Bertz CT molecular complexity index is 974. The van der Waals surface area contributed by atoms with Crippen LogP contribution in [0.5, 0.6) is 0 Å². The molecule has 138 valence electrons. The topological polar surface area (TPSA) is 96.9 Å². The number of fused-ring (bicyclic) bond motifs is 1. The lowest BCUT2D eigenvalue weighted by atomic mass is 9.85. The fourth-order valence-corrected chi connectivity index (χ4v) is 3.18. The van der Waals surface area contributed by atoms with Gasteiger partial charge in [-0.15, -0.1) is 0 Å². The van der Waals surface area contributed by atoms with Crippen molar-refractivity contribution in [1.82, 2.24) is 0 Å². The van der Waals surface area contributed by atoms with Crippen LogP contribution in [0.1, 0.15) is 42.3 Å². The molecule has 1 aliphatic heterocycles. The molecule has 2 aromatic carbocycles. The number of carbonyl (C=O) groups excluding carboxylic acids is 2. The zero-order valence-corrected chi connectivity index (χ0v) is 15.6. The maximum absolute atomic E-state index is 12.2. The number of hydrogen-bond donors (Lipinski definition) is 2. The van der Waals surface area contributed by atoms with E-state index in [0.717, 1.165) is 17.5 Å². The number of primary amides is 1. The summed E-state index contributed by atoms with van der Waals surface area (Å²) in [6.07, 6.45) is 0.763. The van der Waals surface area contributed by atoms with E-state index in [2.05, 4.69) is 10.5 Å². The monoisotopic (exact) mass is 362 g/mol. The first-order valence-electron chi connectivity index (χ1n) is 8.70. The van der Waals surface area contributed by atoms with Crippen LogP contribution in [0.25, 0.3) is 0 Å². The summed E-state index contributed by atoms with van der Waals surface area (Å²) in [7, 11) is 0. The number of Topliss-reactive ketones (excluding diaryl/α,β-unsaturated/α-hetero) is 1. The zero-order chi connectivity index (χ0) is 19.6. The summed E-state index contributed by atoms with van der Waals surface area (Å²) < 4.78 is 0. The number of hydrazone groups is 1. The first kappa shape index (κ1) is 18.5. The molecule has 0 aromatic heterocycles. The number of aliphatic imine (C=N–C) groups is 1. The summed E-state index contributed by atoms with van der Waals surface area (Å²) >= 11 is 0. The van der Waals surface area contributed by atoms with Crippen LogP contribution in [-0.2, 0) is 11.2 Å². The van der Waals surface area contributed by atoms with Crippen molar-refractivity contribution in [3.8, 4) is 0 Å². The number of hydrogen-bond acceptors (Lipinski definition) is 5. The lowest BCUT2D eigenvalue weighted by molar-refractivity contribution is -0.111. The molecule has 0 fully saturated rings. The van der Waals surface area contributed by atoms with Crippen molar-refractivity contribution >= 4 is 28.8 Å². The normalized spacial score (nSPS) is 15.5. The highest BCUT2D eigenvalue weighted by Crippen LogP contribution is 2.27. The van der Waals surface area contributed by atoms with Crippen molar-refractivity contribution in [1.29, 1.82) is 0 Å². The summed E-state index contributed by atoms with van der Waals surface area (Å²) in [6, 6.07) is 14.7. The number of nitrogens with zero attached hydrogens (tertiary/aromatic N) is 2. The van der Waals surface area contributed by atoms with E-state index in [1.54, 1.807) is 24.3 Å². The maximum atomic E-state index is 12.2. The Balaban J connectivity index is 2.06. The van der Waals surface area contributed by atoms with Gasteiger partial charge in [-0.3, -0.25) is 20.0 Å². The minimum atomic E-state index is -0.686. The molecule has 6 nitrogen and oxygen atoms in total. The third-order valence-electron chi connectivity index (χ3n) is 4.36. The third kappa shape index (κ3) is 3.95. The van der Waals surface area contributed by atoms with E-state index in [1.807, 2.05) is 38.1 Å². The second-order valence-corrected chi connectivity index (χ2v) is 7.15. The summed E-state index contributed by atoms with van der Waals surface area (Å²) in [5.41, 5.74) is 11.5. The second-order valence-electron chi connectivity index (χ2n) is 7.15. The number of rotatable bonds is 5. The van der Waals surface area contributed by atoms with Gasteiger partial charge in [0.1, 0.15) is 0 Å². The number of ketones is 1. The van der Waals surface area contributed by atoms with E-state index in [9.17, 15) is 9.59 Å². The van der Waals surface area contributed by atoms with Gasteiger partial charge < -0.3 is 5.73 Å². The summed E-state index contributed by atoms with van der Waals surface area (Å²) in [4.78, 5) is 28.7. The predicted octanol–water partition coefficient (Wildman–Crippen LogP) is 2.97. The predicted molar refractivity (Wildman–Crippen MR) is 107 cm³/mol. The highest BCUT2D eigenvalue weighted by molar-refractivity contribution is 6.70. The molecule has 3 N–H and O–H groups in total. The van der Waals surface area contributed by atoms with E-state index in [4.69, 9.17) is 10.7 Å². The highest BCUT2D eigenvalue weighted by atomic mass is 16.1. The van der Waals surface area contributed by atoms with E-state index >= 15 is 0 Å². The molecule has 3 rings (SSSR count). The van der Waals surface area contributed by atoms with E-state index in [1.165, 1.54) is 6.92 Å². The second kappa shape index (κ2) is 7.15. The molecule has 0 unspecified atom stereocenters. The number of para-hydroxylation sites is 1. The Kier molecular flexibility index (Phi) is 4.90. The van der Waals surface area contributed by atoms with Gasteiger partial charge in [-0.1, -0.05) is 36.4 Å². The van der Waals surface area contributed by atoms with Gasteiger partial charge in [0, 0.05) is 11.1 Å². The molecule has 2 aromatic rings. The molecule has 0 spiro atoms. The largest absolute Gasteiger partial charge is 0.364 e.